The average Bonchev–Trinajstić information content (AvgIpc) is 3.99. The second kappa shape index (κ2) is 17.9. The van der Waals surface area contributed by atoms with Crippen LogP contribution in [0.2, 0.25) is 0 Å². The largest absolute Gasteiger partial charge is 0.489 e. The molecule has 6 heterocycles. The molecule has 0 saturated carbocycles. The molecule has 0 spiro atoms. The van der Waals surface area contributed by atoms with Gasteiger partial charge in [-0.15, -0.1) is 5.06 Å². The van der Waals surface area contributed by atoms with Crippen LogP contribution in [0.4, 0.5) is 0 Å². The zero-order valence-corrected chi connectivity index (χ0v) is 34.7. The zero-order valence-electron chi connectivity index (χ0n) is 34.7. The van der Waals surface area contributed by atoms with Crippen molar-refractivity contribution >= 4 is 62.1 Å². The van der Waals surface area contributed by atoms with E-state index in [4.69, 9.17) is 19.5 Å². The first-order valence-electron chi connectivity index (χ1n) is 21.1. The molecule has 3 aromatic heterocycles. The summed E-state index contributed by atoms with van der Waals surface area (Å²) in [5.74, 6) is -0.754. The van der Waals surface area contributed by atoms with Gasteiger partial charge in [-0.05, 0) is 133 Å². The van der Waals surface area contributed by atoms with Crippen LogP contribution in [0.15, 0.2) is 18.2 Å². The number of H-pyrrole nitrogens is 2. The van der Waals surface area contributed by atoms with Crippen molar-refractivity contribution < 1.29 is 24.0 Å². The lowest BCUT2D eigenvalue weighted by atomic mass is 9.97. The van der Waals surface area contributed by atoms with Crippen molar-refractivity contribution in [3.05, 3.63) is 63.2 Å². The molecule has 0 unspecified atom stereocenters. The van der Waals surface area contributed by atoms with Gasteiger partial charge in [0.2, 0.25) is 0 Å². The van der Waals surface area contributed by atoms with Crippen LogP contribution >= 0.6 is 0 Å². The van der Waals surface area contributed by atoms with Crippen molar-refractivity contribution in [1.29, 1.82) is 0 Å². The summed E-state index contributed by atoms with van der Waals surface area (Å²) >= 11 is 0. The van der Waals surface area contributed by atoms with Crippen molar-refractivity contribution in [1.82, 2.24) is 25.0 Å². The van der Waals surface area contributed by atoms with Crippen molar-refractivity contribution in [2.24, 2.45) is 0 Å². The molecule has 3 aliphatic heterocycles. The molecule has 0 atom stereocenters. The number of carbonyl (C=O) groups is 3. The summed E-state index contributed by atoms with van der Waals surface area (Å²) in [6.45, 7) is 18.2. The maximum Gasteiger partial charge on any atom is 0.333 e. The third kappa shape index (κ3) is 7.71. The monoisotopic (exact) mass is 761 g/mol. The van der Waals surface area contributed by atoms with Crippen LogP contribution in [0.1, 0.15) is 165 Å². The van der Waals surface area contributed by atoms with Crippen LogP contribution in [0, 0.1) is 0 Å². The standard InChI is InChI=1S/C46H59N5O5/c1-9-27-29(11-3)37-25-39-31(13-5)33(15-7)44(49-39)46(55-23-19-17-18-20-43(54)56-51-41(52)21-22-42(51)53)45-34(16-8)32(14-6)40(50-45)26-38-30(12-4)28(10-2)36(48-38)24-35(27)47-37/h24-26,47,49H,9-23H2,1-8H3. The van der Waals surface area contributed by atoms with E-state index in [2.05, 4.69) is 83.6 Å². The zero-order chi connectivity index (χ0) is 40.1. The number of allylic oxidation sites excluding steroid dienone is 4. The number of amides is 2. The second-order valence-corrected chi connectivity index (χ2v) is 14.7. The molecule has 0 radical (unpaired) electrons. The number of rotatable bonds is 16. The van der Waals surface area contributed by atoms with Gasteiger partial charge in [-0.3, -0.25) is 9.59 Å². The summed E-state index contributed by atoms with van der Waals surface area (Å²) in [5, 5.41) is 0.614. The molecule has 2 amide bonds. The van der Waals surface area contributed by atoms with Crippen LogP contribution in [-0.2, 0) is 44.9 Å². The molecular weight excluding hydrogens is 703 g/mol. The van der Waals surface area contributed by atoms with Gasteiger partial charge in [-0.1, -0.05) is 55.4 Å². The van der Waals surface area contributed by atoms with Crippen LogP contribution < -0.4 is 4.74 Å². The highest BCUT2D eigenvalue weighted by atomic mass is 16.7. The van der Waals surface area contributed by atoms with Crippen LogP contribution in [0.3, 0.4) is 0 Å². The van der Waals surface area contributed by atoms with Crippen molar-refractivity contribution in [2.75, 3.05) is 6.61 Å². The fourth-order valence-corrected chi connectivity index (χ4v) is 8.82. The number of nitrogens with zero attached hydrogens (tertiary/aromatic N) is 3. The summed E-state index contributed by atoms with van der Waals surface area (Å²) in [4.78, 5) is 59.7. The number of aryl methyl sites for hydroxylation is 4. The molecule has 6 rings (SSSR count). The molecule has 1 saturated heterocycles. The fraction of sp³-hybridized carbons (Fsp3) is 0.500. The molecule has 10 nitrogen and oxygen atoms in total. The Morgan fingerprint density at radius 1 is 0.607 bits per heavy atom. The maximum atomic E-state index is 12.4. The number of fused-ring (bicyclic) bond motifs is 8. The van der Waals surface area contributed by atoms with E-state index in [0.717, 1.165) is 102 Å². The van der Waals surface area contributed by atoms with E-state index < -0.39 is 17.8 Å². The minimum Gasteiger partial charge on any atom is -0.489 e. The third-order valence-corrected chi connectivity index (χ3v) is 11.5. The molecule has 8 bridgehead atoms. The lowest BCUT2D eigenvalue weighted by Crippen LogP contribution is -2.31. The van der Waals surface area contributed by atoms with Gasteiger partial charge in [0.25, 0.3) is 11.8 Å². The van der Waals surface area contributed by atoms with E-state index in [1.807, 2.05) is 0 Å². The minimum atomic E-state index is -0.575. The van der Waals surface area contributed by atoms with E-state index in [9.17, 15) is 14.4 Å². The van der Waals surface area contributed by atoms with Crippen molar-refractivity contribution in [2.45, 2.75) is 145 Å². The summed E-state index contributed by atoms with van der Waals surface area (Å²) in [6, 6.07) is 6.77. The molecule has 3 aliphatic rings. The Kier molecular flexibility index (Phi) is 13.0. The summed E-state index contributed by atoms with van der Waals surface area (Å²) in [7, 11) is 0. The van der Waals surface area contributed by atoms with Crippen LogP contribution in [-0.4, -0.2) is 49.4 Å². The van der Waals surface area contributed by atoms with Crippen LogP contribution in [0.5, 0.6) is 5.75 Å². The maximum absolute atomic E-state index is 12.4. The Morgan fingerprint density at radius 3 is 1.71 bits per heavy atom. The van der Waals surface area contributed by atoms with E-state index in [0.29, 0.717) is 30.9 Å². The van der Waals surface area contributed by atoms with Gasteiger partial charge in [0, 0.05) is 35.8 Å². The predicted molar refractivity (Wildman–Crippen MR) is 224 cm³/mol. The van der Waals surface area contributed by atoms with Crippen molar-refractivity contribution in [3.63, 3.8) is 0 Å². The highest BCUT2D eigenvalue weighted by molar-refractivity contribution is 6.01. The Bertz CT molecular complexity index is 2240. The van der Waals surface area contributed by atoms with Crippen molar-refractivity contribution in [3.8, 4) is 5.75 Å². The van der Waals surface area contributed by atoms with Gasteiger partial charge >= 0.3 is 5.97 Å². The first kappa shape index (κ1) is 40.7. The number of carbonyl (C=O) groups excluding carboxylic acids is 3. The van der Waals surface area contributed by atoms with Gasteiger partial charge < -0.3 is 19.5 Å². The highest BCUT2D eigenvalue weighted by Gasteiger charge is 2.33. The van der Waals surface area contributed by atoms with E-state index >= 15 is 0 Å². The third-order valence-electron chi connectivity index (χ3n) is 11.5. The van der Waals surface area contributed by atoms with Gasteiger partial charge in [0.05, 0.1) is 29.2 Å². The van der Waals surface area contributed by atoms with Gasteiger partial charge in [0.15, 0.2) is 5.75 Å². The molecule has 56 heavy (non-hydrogen) atoms. The first-order chi connectivity index (χ1) is 27.2. The number of unbranched alkanes of at least 4 members (excludes halogenated alkanes) is 2. The lowest BCUT2D eigenvalue weighted by Gasteiger charge is -2.13. The predicted octanol–water partition coefficient (Wildman–Crippen LogP) is 10.6. The Labute approximate surface area is 331 Å². The molecule has 10 heteroatoms. The molecule has 0 aliphatic carbocycles. The second-order valence-electron chi connectivity index (χ2n) is 14.7. The Morgan fingerprint density at radius 2 is 1.12 bits per heavy atom. The molecule has 3 aromatic rings. The topological polar surface area (TPSA) is 130 Å². The molecule has 0 aromatic carbocycles. The van der Waals surface area contributed by atoms with E-state index in [1.54, 1.807) is 0 Å². The first-order valence-corrected chi connectivity index (χ1v) is 21.1. The summed E-state index contributed by atoms with van der Waals surface area (Å²) in [6.07, 6.45) is 9.15. The number of ether oxygens (including phenoxy) is 1. The number of hydrogen-bond donors (Lipinski definition) is 2. The van der Waals surface area contributed by atoms with E-state index in [1.165, 1.54) is 44.5 Å². The molecule has 2 N–H and O–H groups in total. The van der Waals surface area contributed by atoms with Gasteiger partial charge in [-0.25, -0.2) is 14.8 Å². The van der Waals surface area contributed by atoms with Gasteiger partial charge in [-0.2, -0.15) is 0 Å². The van der Waals surface area contributed by atoms with E-state index in [-0.39, 0.29) is 19.3 Å². The fourth-order valence-electron chi connectivity index (χ4n) is 8.82. The molecule has 298 valence electrons. The number of hydroxylamine groups is 2. The average molecular weight is 762 g/mol. The smallest absolute Gasteiger partial charge is 0.333 e. The Hall–Kier alpha value is -4.99. The van der Waals surface area contributed by atoms with Gasteiger partial charge in [0.1, 0.15) is 5.69 Å². The lowest BCUT2D eigenvalue weighted by molar-refractivity contribution is -0.197. The van der Waals surface area contributed by atoms with Crippen LogP contribution in [0.25, 0.3) is 44.4 Å². The summed E-state index contributed by atoms with van der Waals surface area (Å²) in [5.41, 5.74) is 18.3. The minimum absolute atomic E-state index is 0.0788. The number of nitrogens with one attached hydrogen (secondary N) is 2. The Balaban J connectivity index is 1.51. The molecular formula is C46H59N5O5. The molecule has 1 fully saturated rings. The summed E-state index contributed by atoms with van der Waals surface area (Å²) < 4.78 is 6.88. The normalized spacial score (nSPS) is 14.5. The highest BCUT2D eigenvalue weighted by Crippen LogP contribution is 2.43. The number of hydrogen-bond acceptors (Lipinski definition) is 7. The number of aromatic amines is 2. The number of aromatic nitrogens is 4. The number of imide groups is 1. The quantitative estimate of drug-likeness (QED) is 0.110. The SMILES string of the molecule is CCC1=C(CC)c2cc3[nH]c(cc4[nH]c(c(CC)c4CC)c(OCCCCCC(=O)ON4C(=O)CCC4=O)c4nc(cc1n2)C(CC)=C4CC)c(CC)c3CC.